The molecule has 4 rings (SSSR count). The fourth-order valence-electron chi connectivity index (χ4n) is 4.45. The molecule has 1 aromatic heterocycles. The zero-order chi connectivity index (χ0) is 26.2. The molecule has 0 saturated heterocycles. The molecule has 0 saturated carbocycles. The molecule has 0 spiro atoms. The normalized spacial score (nSPS) is 11.0. The predicted molar refractivity (Wildman–Crippen MR) is 149 cm³/mol. The Morgan fingerprint density at radius 1 is 0.865 bits per heavy atom. The van der Waals surface area contributed by atoms with Gasteiger partial charge in [-0.1, -0.05) is 42.0 Å². The molecule has 6 nitrogen and oxygen atoms in total. The highest BCUT2D eigenvalue weighted by Gasteiger charge is 2.11. The molecule has 0 bridgehead atoms. The van der Waals surface area contributed by atoms with Crippen LogP contribution in [0.3, 0.4) is 0 Å². The summed E-state index contributed by atoms with van der Waals surface area (Å²) in [7, 11) is 0. The van der Waals surface area contributed by atoms with E-state index in [4.69, 9.17) is 14.5 Å². The Morgan fingerprint density at radius 2 is 1.65 bits per heavy atom. The lowest BCUT2D eigenvalue weighted by atomic mass is 10.1. The number of hydrogen-bond acceptors (Lipinski definition) is 4. The molecule has 3 aromatic carbocycles. The predicted octanol–water partition coefficient (Wildman–Crippen LogP) is 5.87. The molecule has 4 aromatic rings. The van der Waals surface area contributed by atoms with E-state index in [1.165, 1.54) is 11.1 Å². The average Bonchev–Trinajstić information content (AvgIpc) is 3.23. The Balaban J connectivity index is 1.28. The highest BCUT2D eigenvalue weighted by atomic mass is 16.5. The molecule has 0 radical (unpaired) electrons. The van der Waals surface area contributed by atoms with Crippen molar-refractivity contribution < 1.29 is 14.3 Å². The van der Waals surface area contributed by atoms with E-state index in [-0.39, 0.29) is 12.5 Å². The third-order valence-electron chi connectivity index (χ3n) is 6.47. The van der Waals surface area contributed by atoms with Crippen LogP contribution in [-0.4, -0.2) is 35.2 Å². The van der Waals surface area contributed by atoms with Crippen LogP contribution in [0.5, 0.6) is 11.5 Å². The molecular weight excluding hydrogens is 462 g/mol. The Morgan fingerprint density at radius 3 is 2.49 bits per heavy atom. The minimum atomic E-state index is -0.132. The number of carbonyl (C=O) groups excluding carboxylic acids is 1. The van der Waals surface area contributed by atoms with Gasteiger partial charge in [0.1, 0.15) is 17.3 Å². The van der Waals surface area contributed by atoms with E-state index in [2.05, 4.69) is 41.9 Å². The molecule has 1 heterocycles. The van der Waals surface area contributed by atoms with E-state index in [9.17, 15) is 4.79 Å². The Hall–Kier alpha value is -3.80. The Bertz CT molecular complexity index is 1360. The molecule has 1 amide bonds. The van der Waals surface area contributed by atoms with Crippen molar-refractivity contribution in [1.29, 1.82) is 0 Å². The van der Waals surface area contributed by atoms with Gasteiger partial charge >= 0.3 is 0 Å². The fourth-order valence-corrected chi connectivity index (χ4v) is 4.45. The lowest BCUT2D eigenvalue weighted by Gasteiger charge is -2.12. The first-order valence-corrected chi connectivity index (χ1v) is 13.0. The Labute approximate surface area is 219 Å². The molecule has 0 aliphatic heterocycles. The third kappa shape index (κ3) is 7.13. The van der Waals surface area contributed by atoms with E-state index in [0.29, 0.717) is 19.6 Å². The van der Waals surface area contributed by atoms with Gasteiger partial charge in [-0.05, 0) is 81.5 Å². The number of amides is 1. The number of aryl methyl sites for hydroxylation is 5. The van der Waals surface area contributed by atoms with Gasteiger partial charge in [0.2, 0.25) is 0 Å². The maximum Gasteiger partial charge on any atom is 0.257 e. The molecule has 0 aliphatic carbocycles. The van der Waals surface area contributed by atoms with E-state index < -0.39 is 0 Å². The summed E-state index contributed by atoms with van der Waals surface area (Å²) in [5.74, 6) is 2.55. The second-order valence-corrected chi connectivity index (χ2v) is 9.65. The first-order chi connectivity index (χ1) is 17.9. The monoisotopic (exact) mass is 499 g/mol. The van der Waals surface area contributed by atoms with E-state index in [0.717, 1.165) is 58.9 Å². The summed E-state index contributed by atoms with van der Waals surface area (Å²) < 4.78 is 14.0. The smallest absolute Gasteiger partial charge is 0.257 e. The van der Waals surface area contributed by atoms with Crippen LogP contribution in [0.1, 0.15) is 40.9 Å². The van der Waals surface area contributed by atoms with Crippen molar-refractivity contribution in [2.24, 2.45) is 0 Å². The molecular formula is C31H37N3O3. The first-order valence-electron chi connectivity index (χ1n) is 13.0. The zero-order valence-corrected chi connectivity index (χ0v) is 22.3. The number of nitrogens with zero attached hydrogens (tertiary/aromatic N) is 2. The standard InChI is InChI=1S/C31H37N3O3/c1-22-12-14-28(25(4)19-22)36-18-8-7-17-34-27-10-6-5-9-26(27)33-30(34)15-16-32-31(35)21-37-29-20-23(2)11-13-24(29)3/h5-6,9-14,19-20H,7-8,15-18,21H2,1-4H3,(H,32,35). The molecule has 0 aliphatic rings. The van der Waals surface area contributed by atoms with Crippen molar-refractivity contribution in [3.63, 3.8) is 0 Å². The highest BCUT2D eigenvalue weighted by Crippen LogP contribution is 2.21. The quantitative estimate of drug-likeness (QED) is 0.248. The highest BCUT2D eigenvalue weighted by molar-refractivity contribution is 5.78. The molecule has 194 valence electrons. The van der Waals surface area contributed by atoms with Gasteiger partial charge in [-0.2, -0.15) is 0 Å². The largest absolute Gasteiger partial charge is 0.493 e. The number of hydrogen-bond donors (Lipinski definition) is 1. The number of rotatable bonds is 12. The molecule has 1 N–H and O–H groups in total. The number of aromatic nitrogens is 2. The van der Waals surface area contributed by atoms with Crippen LogP contribution in [0.25, 0.3) is 11.0 Å². The summed E-state index contributed by atoms with van der Waals surface area (Å²) in [5, 5.41) is 2.97. The topological polar surface area (TPSA) is 65.4 Å². The molecule has 0 atom stereocenters. The van der Waals surface area contributed by atoms with Gasteiger partial charge in [0.15, 0.2) is 6.61 Å². The van der Waals surface area contributed by atoms with Gasteiger partial charge in [0.25, 0.3) is 5.91 Å². The van der Waals surface area contributed by atoms with Gasteiger partial charge in [0, 0.05) is 19.5 Å². The van der Waals surface area contributed by atoms with Gasteiger partial charge in [-0.3, -0.25) is 4.79 Å². The van der Waals surface area contributed by atoms with E-state index >= 15 is 0 Å². The number of unbranched alkanes of at least 4 members (excludes halogenated alkanes) is 1. The SMILES string of the molecule is Cc1ccc(OCCCCn2c(CCNC(=O)COc3cc(C)ccc3C)nc3ccccc32)c(C)c1. The number of benzene rings is 3. The first kappa shape index (κ1) is 26.3. The van der Waals surface area contributed by atoms with Crippen LogP contribution in [0, 0.1) is 27.7 Å². The van der Waals surface area contributed by atoms with E-state index in [1.54, 1.807) is 0 Å². The maximum absolute atomic E-state index is 12.4. The van der Waals surface area contributed by atoms with Crippen LogP contribution in [0.15, 0.2) is 60.7 Å². The summed E-state index contributed by atoms with van der Waals surface area (Å²) in [5.41, 5.74) is 6.65. The number of para-hydroxylation sites is 2. The van der Waals surface area contributed by atoms with Crippen LogP contribution < -0.4 is 14.8 Å². The third-order valence-corrected chi connectivity index (χ3v) is 6.47. The van der Waals surface area contributed by atoms with Crippen molar-refractivity contribution in [2.45, 2.75) is 53.5 Å². The van der Waals surface area contributed by atoms with Crippen molar-refractivity contribution >= 4 is 16.9 Å². The van der Waals surface area contributed by atoms with Gasteiger partial charge in [-0.25, -0.2) is 4.98 Å². The minimum absolute atomic E-state index is 0.00116. The van der Waals surface area contributed by atoms with Crippen LogP contribution in [0.2, 0.25) is 0 Å². The maximum atomic E-state index is 12.4. The summed E-state index contributed by atoms with van der Waals surface area (Å²) in [6, 6.07) is 20.5. The van der Waals surface area contributed by atoms with Crippen molar-refractivity contribution in [3.05, 3.63) is 88.7 Å². The molecule has 0 unspecified atom stereocenters. The van der Waals surface area contributed by atoms with Crippen molar-refractivity contribution in [3.8, 4) is 11.5 Å². The summed E-state index contributed by atoms with van der Waals surface area (Å²) in [4.78, 5) is 17.2. The number of nitrogens with one attached hydrogen (secondary N) is 1. The lowest BCUT2D eigenvalue weighted by Crippen LogP contribution is -2.31. The van der Waals surface area contributed by atoms with E-state index in [1.807, 2.05) is 56.3 Å². The second kappa shape index (κ2) is 12.4. The summed E-state index contributed by atoms with van der Waals surface area (Å²) in [6.07, 6.45) is 2.59. The minimum Gasteiger partial charge on any atom is -0.493 e. The second-order valence-electron chi connectivity index (χ2n) is 9.65. The van der Waals surface area contributed by atoms with Crippen LogP contribution in [0.4, 0.5) is 0 Å². The fraction of sp³-hybridized carbons (Fsp3) is 0.355. The lowest BCUT2D eigenvalue weighted by molar-refractivity contribution is -0.123. The molecule has 6 heteroatoms. The summed E-state index contributed by atoms with van der Waals surface area (Å²) in [6.45, 7) is 10.2. The molecule has 0 fully saturated rings. The van der Waals surface area contributed by atoms with Crippen LogP contribution >= 0.6 is 0 Å². The summed E-state index contributed by atoms with van der Waals surface area (Å²) >= 11 is 0. The van der Waals surface area contributed by atoms with Gasteiger partial charge in [-0.15, -0.1) is 0 Å². The molecule has 37 heavy (non-hydrogen) atoms. The number of imidazole rings is 1. The van der Waals surface area contributed by atoms with Crippen LogP contribution in [-0.2, 0) is 17.8 Å². The van der Waals surface area contributed by atoms with Gasteiger partial charge < -0.3 is 19.4 Å². The van der Waals surface area contributed by atoms with Crippen molar-refractivity contribution in [2.75, 3.05) is 19.8 Å². The number of fused-ring (bicyclic) bond motifs is 1. The average molecular weight is 500 g/mol. The Kier molecular flexibility index (Phi) is 8.83. The number of carbonyl (C=O) groups is 1. The van der Waals surface area contributed by atoms with Crippen molar-refractivity contribution in [1.82, 2.24) is 14.9 Å². The van der Waals surface area contributed by atoms with Gasteiger partial charge in [0.05, 0.1) is 17.6 Å². The number of ether oxygens (including phenoxy) is 2. The zero-order valence-electron chi connectivity index (χ0n) is 22.3.